The van der Waals surface area contributed by atoms with Crippen LogP contribution in [0, 0.1) is 35.5 Å². The minimum absolute atomic E-state index is 0.106. The summed E-state index contributed by atoms with van der Waals surface area (Å²) in [6, 6.07) is 0. The van der Waals surface area contributed by atoms with Gasteiger partial charge in [0.15, 0.2) is 0 Å². The molecule has 0 atom stereocenters. The van der Waals surface area contributed by atoms with Crippen LogP contribution in [0.1, 0.15) is 135 Å². The Morgan fingerprint density at radius 3 is 1.13 bits per heavy atom. The molecule has 0 N–H and O–H groups in total. The molecule has 0 bridgehead atoms. The highest BCUT2D eigenvalue weighted by Gasteiger charge is 2.34. The zero-order chi connectivity index (χ0) is 21.7. The number of halogens is 2. The average Bonchev–Trinajstić information content (AvgIpc) is 2.82. The van der Waals surface area contributed by atoms with Crippen molar-refractivity contribution in [3.8, 4) is 0 Å². The number of hydrogen-bond acceptors (Lipinski definition) is 0. The molecule has 2 heteroatoms. The van der Waals surface area contributed by atoms with Gasteiger partial charge < -0.3 is 0 Å². The highest BCUT2D eigenvalue weighted by atomic mass is 19.1. The van der Waals surface area contributed by atoms with Crippen LogP contribution in [0.4, 0.5) is 8.78 Å². The largest absolute Gasteiger partial charge is 0.251 e. The van der Waals surface area contributed by atoms with E-state index >= 15 is 0 Å². The zero-order valence-corrected chi connectivity index (χ0v) is 20.5. The molecule has 0 amide bonds. The first-order chi connectivity index (χ1) is 15.3. The van der Waals surface area contributed by atoms with Crippen molar-refractivity contribution in [1.29, 1.82) is 0 Å². The molecular formula is C29H52F2. The van der Waals surface area contributed by atoms with Crippen molar-refractivity contribution in [2.24, 2.45) is 35.5 Å². The van der Waals surface area contributed by atoms with E-state index in [1.54, 1.807) is 0 Å². The zero-order valence-electron chi connectivity index (χ0n) is 20.5. The van der Waals surface area contributed by atoms with Crippen molar-refractivity contribution in [3.05, 3.63) is 0 Å². The highest BCUT2D eigenvalue weighted by Crippen LogP contribution is 2.46. The van der Waals surface area contributed by atoms with Crippen LogP contribution in [0.2, 0.25) is 0 Å². The quantitative estimate of drug-likeness (QED) is 0.251. The van der Waals surface area contributed by atoms with E-state index in [0.29, 0.717) is 5.92 Å². The van der Waals surface area contributed by atoms with Crippen LogP contribution in [-0.2, 0) is 0 Å². The Bertz CT molecular complexity index is 426. The van der Waals surface area contributed by atoms with Crippen LogP contribution in [-0.4, -0.2) is 13.3 Å². The molecule has 0 unspecified atom stereocenters. The third-order valence-corrected chi connectivity index (χ3v) is 9.70. The van der Waals surface area contributed by atoms with E-state index in [1.807, 2.05) is 0 Å². The molecule has 0 saturated heterocycles. The minimum Gasteiger partial charge on any atom is -0.251 e. The molecule has 0 heterocycles. The summed E-state index contributed by atoms with van der Waals surface area (Å²) in [7, 11) is 0. The second kappa shape index (κ2) is 14.9. The van der Waals surface area contributed by atoms with Crippen molar-refractivity contribution in [3.63, 3.8) is 0 Å². The molecule has 3 aliphatic carbocycles. The smallest absolute Gasteiger partial charge is 0.0897 e. The minimum atomic E-state index is -0.131. The maximum absolute atomic E-state index is 12.6. The van der Waals surface area contributed by atoms with Crippen LogP contribution in [0.5, 0.6) is 0 Å². The van der Waals surface area contributed by atoms with Gasteiger partial charge in [-0.3, -0.25) is 8.78 Å². The van der Waals surface area contributed by atoms with Crippen LogP contribution < -0.4 is 0 Å². The van der Waals surface area contributed by atoms with Crippen molar-refractivity contribution in [1.82, 2.24) is 0 Å². The van der Waals surface area contributed by atoms with E-state index in [-0.39, 0.29) is 13.3 Å². The fraction of sp³-hybridized carbons (Fsp3) is 1.00. The van der Waals surface area contributed by atoms with Gasteiger partial charge in [0.05, 0.1) is 13.3 Å². The topological polar surface area (TPSA) is 0 Å². The van der Waals surface area contributed by atoms with E-state index in [9.17, 15) is 8.78 Å². The van der Waals surface area contributed by atoms with Gasteiger partial charge >= 0.3 is 0 Å². The van der Waals surface area contributed by atoms with Gasteiger partial charge in [0.1, 0.15) is 0 Å². The van der Waals surface area contributed by atoms with Gasteiger partial charge in [0, 0.05) is 0 Å². The molecule has 0 aromatic rings. The standard InChI is InChI=1S/C29H52F2/c30-22-7-5-3-1-2-4-6-8-24-9-13-26(14-10-24)28-17-19-29(20-18-28)27-15-11-25(12-16-27)21-23-31/h24-29H,1-23H2. The molecule has 182 valence electrons. The SMILES string of the molecule is FCCCCCCCCCC1CCC(C2CCC(C3CCC(CCF)CC3)CC2)CC1. The van der Waals surface area contributed by atoms with Gasteiger partial charge in [-0.15, -0.1) is 0 Å². The van der Waals surface area contributed by atoms with Crippen LogP contribution in [0.25, 0.3) is 0 Å². The Labute approximate surface area is 192 Å². The first-order valence-corrected chi connectivity index (χ1v) is 14.4. The predicted molar refractivity (Wildman–Crippen MR) is 130 cm³/mol. The van der Waals surface area contributed by atoms with Gasteiger partial charge in [-0.05, 0) is 99.7 Å². The first-order valence-electron chi connectivity index (χ1n) is 14.4. The maximum Gasteiger partial charge on any atom is 0.0897 e. The Kier molecular flexibility index (Phi) is 12.2. The fourth-order valence-electron chi connectivity index (χ4n) is 7.55. The molecule has 3 saturated carbocycles. The molecule has 0 nitrogen and oxygen atoms in total. The molecule has 0 spiro atoms. The molecule has 0 radical (unpaired) electrons. The summed E-state index contributed by atoms with van der Waals surface area (Å²) in [4.78, 5) is 0. The fourth-order valence-corrected chi connectivity index (χ4v) is 7.55. The Morgan fingerprint density at radius 1 is 0.355 bits per heavy atom. The summed E-state index contributed by atoms with van der Waals surface area (Å²) in [5.74, 6) is 5.74. The Balaban J connectivity index is 1.21. The molecule has 31 heavy (non-hydrogen) atoms. The lowest BCUT2D eigenvalue weighted by Crippen LogP contribution is -2.29. The van der Waals surface area contributed by atoms with E-state index < -0.39 is 0 Å². The third kappa shape index (κ3) is 8.96. The first kappa shape index (κ1) is 25.5. The molecule has 0 aromatic carbocycles. The van der Waals surface area contributed by atoms with E-state index in [2.05, 4.69) is 0 Å². The summed E-state index contributed by atoms with van der Waals surface area (Å²) >= 11 is 0. The van der Waals surface area contributed by atoms with Gasteiger partial charge in [-0.25, -0.2) is 0 Å². The lowest BCUT2D eigenvalue weighted by molar-refractivity contribution is 0.101. The summed E-state index contributed by atoms with van der Waals surface area (Å²) in [5.41, 5.74) is 0. The summed E-state index contributed by atoms with van der Waals surface area (Å²) < 4.78 is 24.7. The predicted octanol–water partition coefficient (Wildman–Crippen LogP) is 9.86. The third-order valence-electron chi connectivity index (χ3n) is 9.70. The van der Waals surface area contributed by atoms with Gasteiger partial charge in [-0.2, -0.15) is 0 Å². The summed E-state index contributed by atoms with van der Waals surface area (Å²) in [6.45, 7) is -0.237. The van der Waals surface area contributed by atoms with Crippen LogP contribution in [0.15, 0.2) is 0 Å². The van der Waals surface area contributed by atoms with E-state index in [4.69, 9.17) is 0 Å². The monoisotopic (exact) mass is 438 g/mol. The van der Waals surface area contributed by atoms with Gasteiger partial charge in [0.2, 0.25) is 0 Å². The lowest BCUT2D eigenvalue weighted by atomic mass is 9.64. The van der Waals surface area contributed by atoms with Crippen molar-refractivity contribution in [2.45, 2.75) is 135 Å². The van der Waals surface area contributed by atoms with Gasteiger partial charge in [0.25, 0.3) is 0 Å². The molecule has 0 aliphatic heterocycles. The van der Waals surface area contributed by atoms with E-state index in [1.165, 1.54) is 116 Å². The molecule has 3 aliphatic rings. The highest BCUT2D eigenvalue weighted by molar-refractivity contribution is 4.85. The van der Waals surface area contributed by atoms with Crippen molar-refractivity contribution >= 4 is 0 Å². The van der Waals surface area contributed by atoms with Crippen molar-refractivity contribution in [2.75, 3.05) is 13.3 Å². The lowest BCUT2D eigenvalue weighted by Gasteiger charge is -2.41. The Morgan fingerprint density at radius 2 is 0.710 bits per heavy atom. The summed E-state index contributed by atoms with van der Waals surface area (Å²) in [5, 5.41) is 0. The normalized spacial score (nSPS) is 34.6. The second-order valence-electron chi connectivity index (χ2n) is 11.7. The summed E-state index contributed by atoms with van der Waals surface area (Å²) in [6.07, 6.45) is 28.3. The van der Waals surface area contributed by atoms with Crippen molar-refractivity contribution < 1.29 is 8.78 Å². The number of rotatable bonds is 13. The maximum atomic E-state index is 12.6. The molecule has 3 fully saturated rings. The number of hydrogen-bond donors (Lipinski definition) is 0. The second-order valence-corrected chi connectivity index (χ2v) is 11.7. The molecule has 0 aromatic heterocycles. The van der Waals surface area contributed by atoms with Gasteiger partial charge in [-0.1, -0.05) is 70.6 Å². The Hall–Kier alpha value is -0.140. The average molecular weight is 439 g/mol. The van der Waals surface area contributed by atoms with Crippen LogP contribution in [0.3, 0.4) is 0 Å². The number of alkyl halides is 2. The molecular weight excluding hydrogens is 386 g/mol. The van der Waals surface area contributed by atoms with Crippen LogP contribution >= 0.6 is 0 Å². The van der Waals surface area contributed by atoms with E-state index in [0.717, 1.165) is 48.9 Å². The number of unbranched alkanes of at least 4 members (excludes halogenated alkanes) is 6. The molecule has 3 rings (SSSR count).